The molecular formula is C19H20N4O4S. The van der Waals surface area contributed by atoms with Crippen LogP contribution in [0.3, 0.4) is 0 Å². The van der Waals surface area contributed by atoms with Gasteiger partial charge in [-0.2, -0.15) is 0 Å². The average molecular weight is 400 g/mol. The number of allylic oxidation sites excluding steroid dienone is 1. The number of amides is 1. The highest BCUT2D eigenvalue weighted by Gasteiger charge is 2.17. The van der Waals surface area contributed by atoms with Crippen molar-refractivity contribution in [3.05, 3.63) is 49.2 Å². The van der Waals surface area contributed by atoms with Crippen molar-refractivity contribution in [1.82, 2.24) is 14.8 Å². The molecule has 1 aromatic carbocycles. The molecule has 3 aromatic rings. The summed E-state index contributed by atoms with van der Waals surface area (Å²) in [6, 6.07) is 8.78. The highest BCUT2D eigenvalue weighted by atomic mass is 32.2. The molecule has 2 heterocycles. The van der Waals surface area contributed by atoms with Gasteiger partial charge in [-0.25, -0.2) is 0 Å². The normalized spacial score (nSPS) is 10.5. The Hall–Kier alpha value is -3.20. The summed E-state index contributed by atoms with van der Waals surface area (Å²) in [6.45, 7) is 4.27. The van der Waals surface area contributed by atoms with Crippen molar-refractivity contribution in [2.45, 2.75) is 11.7 Å². The number of benzene rings is 1. The number of nitrogens with one attached hydrogen (secondary N) is 1. The van der Waals surface area contributed by atoms with Crippen molar-refractivity contribution < 1.29 is 18.7 Å². The van der Waals surface area contributed by atoms with Crippen molar-refractivity contribution in [2.75, 3.05) is 25.3 Å². The monoisotopic (exact) mass is 400 g/mol. The Balaban J connectivity index is 1.67. The lowest BCUT2D eigenvalue weighted by Gasteiger charge is -2.10. The SMILES string of the molecule is C=CCn1c(SCC(=O)Nc2ccc(OC)c(OC)c2)nnc1-c1ccco1. The molecule has 0 fully saturated rings. The number of rotatable bonds is 9. The molecular weight excluding hydrogens is 380 g/mol. The lowest BCUT2D eigenvalue weighted by atomic mass is 10.2. The maximum absolute atomic E-state index is 12.3. The number of ether oxygens (including phenoxy) is 2. The quantitative estimate of drug-likeness (QED) is 0.434. The van der Waals surface area contributed by atoms with Crippen LogP contribution in [0.1, 0.15) is 0 Å². The molecule has 0 unspecified atom stereocenters. The third-order valence-corrected chi connectivity index (χ3v) is 4.74. The van der Waals surface area contributed by atoms with Gasteiger partial charge in [0.1, 0.15) is 0 Å². The Morgan fingerprint density at radius 3 is 2.79 bits per heavy atom. The minimum absolute atomic E-state index is 0.168. The molecule has 0 radical (unpaired) electrons. The summed E-state index contributed by atoms with van der Waals surface area (Å²) in [7, 11) is 3.10. The first-order chi connectivity index (χ1) is 13.7. The fourth-order valence-electron chi connectivity index (χ4n) is 2.52. The van der Waals surface area contributed by atoms with Gasteiger partial charge in [0.05, 0.1) is 26.2 Å². The van der Waals surface area contributed by atoms with Gasteiger partial charge in [0.15, 0.2) is 22.4 Å². The number of carbonyl (C=O) groups excluding carboxylic acids is 1. The maximum Gasteiger partial charge on any atom is 0.234 e. The van der Waals surface area contributed by atoms with Crippen LogP contribution in [-0.2, 0) is 11.3 Å². The fourth-order valence-corrected chi connectivity index (χ4v) is 3.27. The number of nitrogens with zero attached hydrogens (tertiary/aromatic N) is 3. The van der Waals surface area contributed by atoms with Crippen LogP contribution in [0.15, 0.2) is 58.8 Å². The minimum atomic E-state index is -0.176. The predicted octanol–water partition coefficient (Wildman–Crippen LogP) is 3.47. The Kier molecular flexibility index (Phi) is 6.38. The van der Waals surface area contributed by atoms with Crippen LogP contribution in [0, 0.1) is 0 Å². The van der Waals surface area contributed by atoms with Gasteiger partial charge in [0, 0.05) is 18.3 Å². The van der Waals surface area contributed by atoms with Gasteiger partial charge in [-0.05, 0) is 24.3 Å². The van der Waals surface area contributed by atoms with Crippen LogP contribution in [-0.4, -0.2) is 40.6 Å². The molecule has 0 saturated heterocycles. The first-order valence-corrected chi connectivity index (χ1v) is 9.37. The molecule has 1 amide bonds. The van der Waals surface area contributed by atoms with E-state index in [9.17, 15) is 4.79 Å². The molecule has 0 bridgehead atoms. The maximum atomic E-state index is 12.3. The third-order valence-electron chi connectivity index (χ3n) is 3.77. The second-order valence-electron chi connectivity index (χ2n) is 5.59. The van der Waals surface area contributed by atoms with E-state index in [-0.39, 0.29) is 11.7 Å². The number of hydrogen-bond acceptors (Lipinski definition) is 7. The van der Waals surface area contributed by atoms with E-state index in [1.54, 1.807) is 50.8 Å². The van der Waals surface area contributed by atoms with E-state index in [1.165, 1.54) is 11.8 Å². The fraction of sp³-hybridized carbons (Fsp3) is 0.211. The number of thioether (sulfide) groups is 1. The number of anilines is 1. The first kappa shape index (κ1) is 19.6. The molecule has 0 aliphatic carbocycles. The molecule has 9 heteroatoms. The highest BCUT2D eigenvalue weighted by molar-refractivity contribution is 7.99. The summed E-state index contributed by atoms with van der Waals surface area (Å²) in [5.41, 5.74) is 0.618. The predicted molar refractivity (Wildman–Crippen MR) is 107 cm³/mol. The molecule has 0 atom stereocenters. The van der Waals surface area contributed by atoms with Crippen LogP contribution in [0.2, 0.25) is 0 Å². The Labute approximate surface area is 166 Å². The van der Waals surface area contributed by atoms with Crippen LogP contribution in [0.5, 0.6) is 11.5 Å². The highest BCUT2D eigenvalue weighted by Crippen LogP contribution is 2.30. The van der Waals surface area contributed by atoms with E-state index >= 15 is 0 Å². The Morgan fingerprint density at radius 1 is 1.29 bits per heavy atom. The molecule has 2 aromatic heterocycles. The lowest BCUT2D eigenvalue weighted by Crippen LogP contribution is -2.14. The van der Waals surface area contributed by atoms with Crippen LogP contribution in [0.4, 0.5) is 5.69 Å². The van der Waals surface area contributed by atoms with Crippen molar-refractivity contribution in [3.8, 4) is 23.1 Å². The van der Waals surface area contributed by atoms with Gasteiger partial charge in [-0.1, -0.05) is 17.8 Å². The lowest BCUT2D eigenvalue weighted by molar-refractivity contribution is -0.113. The van der Waals surface area contributed by atoms with Crippen molar-refractivity contribution >= 4 is 23.4 Å². The van der Waals surface area contributed by atoms with Crippen LogP contribution < -0.4 is 14.8 Å². The number of methoxy groups -OCH3 is 2. The summed E-state index contributed by atoms with van der Waals surface area (Å²) in [5, 5.41) is 11.8. The van der Waals surface area contributed by atoms with Gasteiger partial charge in [0.2, 0.25) is 11.7 Å². The molecule has 0 aliphatic rings. The largest absolute Gasteiger partial charge is 0.493 e. The van der Waals surface area contributed by atoms with E-state index in [0.29, 0.717) is 40.5 Å². The van der Waals surface area contributed by atoms with Gasteiger partial charge in [0.25, 0.3) is 0 Å². The summed E-state index contributed by atoms with van der Waals surface area (Å²) in [6.07, 6.45) is 3.31. The van der Waals surface area contributed by atoms with E-state index < -0.39 is 0 Å². The molecule has 146 valence electrons. The number of furan rings is 1. The number of carbonyl (C=O) groups is 1. The summed E-state index contributed by atoms with van der Waals surface area (Å²) in [4.78, 5) is 12.3. The van der Waals surface area contributed by atoms with E-state index in [2.05, 4.69) is 22.1 Å². The third kappa shape index (κ3) is 4.37. The molecule has 0 aliphatic heterocycles. The topological polar surface area (TPSA) is 91.4 Å². The molecule has 8 nitrogen and oxygen atoms in total. The van der Waals surface area contributed by atoms with Gasteiger partial charge in [-0.15, -0.1) is 16.8 Å². The minimum Gasteiger partial charge on any atom is -0.493 e. The Bertz CT molecular complexity index is 953. The van der Waals surface area contributed by atoms with Crippen LogP contribution >= 0.6 is 11.8 Å². The number of aromatic nitrogens is 3. The average Bonchev–Trinajstić information content (AvgIpc) is 3.36. The first-order valence-electron chi connectivity index (χ1n) is 8.39. The summed E-state index contributed by atoms with van der Waals surface area (Å²) >= 11 is 1.28. The van der Waals surface area contributed by atoms with Crippen molar-refractivity contribution in [3.63, 3.8) is 0 Å². The van der Waals surface area contributed by atoms with Gasteiger partial charge < -0.3 is 19.2 Å². The van der Waals surface area contributed by atoms with Gasteiger partial charge in [-0.3, -0.25) is 9.36 Å². The molecule has 1 N–H and O–H groups in total. The molecule has 28 heavy (non-hydrogen) atoms. The Morgan fingerprint density at radius 2 is 2.11 bits per heavy atom. The second-order valence-corrected chi connectivity index (χ2v) is 6.53. The second kappa shape index (κ2) is 9.14. The zero-order valence-corrected chi connectivity index (χ0v) is 16.4. The standard InChI is InChI=1S/C19H20N4O4S/c1-4-9-23-18(15-6-5-10-27-15)21-22-19(23)28-12-17(24)20-13-7-8-14(25-2)16(11-13)26-3/h4-8,10-11H,1,9,12H2,2-3H3,(H,20,24). The van der Waals surface area contributed by atoms with Crippen molar-refractivity contribution in [1.29, 1.82) is 0 Å². The van der Waals surface area contributed by atoms with Crippen molar-refractivity contribution in [2.24, 2.45) is 0 Å². The molecule has 3 rings (SSSR count). The summed E-state index contributed by atoms with van der Waals surface area (Å²) in [5.74, 6) is 2.33. The van der Waals surface area contributed by atoms with Crippen LogP contribution in [0.25, 0.3) is 11.6 Å². The summed E-state index contributed by atoms with van der Waals surface area (Å²) < 4.78 is 17.7. The molecule has 0 saturated carbocycles. The zero-order valence-electron chi connectivity index (χ0n) is 15.5. The van der Waals surface area contributed by atoms with E-state index in [1.807, 2.05) is 10.6 Å². The van der Waals surface area contributed by atoms with E-state index in [4.69, 9.17) is 13.9 Å². The van der Waals surface area contributed by atoms with Gasteiger partial charge >= 0.3 is 0 Å². The van der Waals surface area contributed by atoms with E-state index in [0.717, 1.165) is 0 Å². The smallest absolute Gasteiger partial charge is 0.234 e. The number of hydrogen-bond donors (Lipinski definition) is 1. The zero-order chi connectivity index (χ0) is 19.9. The molecule has 0 spiro atoms.